The molecule has 1 aromatic carbocycles. The Labute approximate surface area is 153 Å². The van der Waals surface area contributed by atoms with Crippen molar-refractivity contribution in [1.82, 2.24) is 0 Å². The molecule has 26 heavy (non-hydrogen) atoms. The minimum atomic E-state index is -1.46. The van der Waals surface area contributed by atoms with Gasteiger partial charge in [0.2, 0.25) is 0 Å². The number of fused-ring (bicyclic) bond motifs is 1. The Morgan fingerprint density at radius 3 is 2.65 bits per heavy atom. The number of rotatable bonds is 6. The summed E-state index contributed by atoms with van der Waals surface area (Å²) in [6, 6.07) is 8.28. The highest BCUT2D eigenvalue weighted by Crippen LogP contribution is 2.38. The first-order valence-electron chi connectivity index (χ1n) is 8.11. The predicted octanol–water partition coefficient (Wildman–Crippen LogP) is 1.55. The average molecular weight is 374 g/mol. The number of amides is 2. The van der Waals surface area contributed by atoms with Gasteiger partial charge < -0.3 is 20.9 Å². The van der Waals surface area contributed by atoms with E-state index in [0.29, 0.717) is 16.1 Å². The van der Waals surface area contributed by atoms with Crippen molar-refractivity contribution in [3.05, 3.63) is 51.9 Å². The average Bonchev–Trinajstić information content (AvgIpc) is 3.20. The molecule has 2 aromatic rings. The van der Waals surface area contributed by atoms with Gasteiger partial charge in [0.05, 0.1) is 5.56 Å². The van der Waals surface area contributed by atoms with E-state index < -0.39 is 30.5 Å². The van der Waals surface area contributed by atoms with Crippen LogP contribution in [0.4, 0.5) is 5.00 Å². The van der Waals surface area contributed by atoms with Gasteiger partial charge in [-0.05, 0) is 30.4 Å². The first kappa shape index (κ1) is 18.1. The summed E-state index contributed by atoms with van der Waals surface area (Å²) in [6.45, 7) is -0.566. The molecule has 1 atom stereocenters. The highest BCUT2D eigenvalue weighted by molar-refractivity contribution is 7.17. The second kappa shape index (κ2) is 7.67. The fourth-order valence-corrected chi connectivity index (χ4v) is 4.21. The van der Waals surface area contributed by atoms with Gasteiger partial charge in [-0.1, -0.05) is 30.3 Å². The van der Waals surface area contributed by atoms with E-state index in [0.717, 1.165) is 29.7 Å². The van der Waals surface area contributed by atoms with Crippen LogP contribution in [0.15, 0.2) is 30.3 Å². The summed E-state index contributed by atoms with van der Waals surface area (Å²) < 4.78 is 4.86. The molecule has 7 nitrogen and oxygen atoms in total. The Morgan fingerprint density at radius 2 is 1.96 bits per heavy atom. The number of anilines is 1. The molecular formula is C18H18N2O5S. The third-order valence-corrected chi connectivity index (χ3v) is 5.31. The van der Waals surface area contributed by atoms with Crippen molar-refractivity contribution in [2.75, 3.05) is 11.9 Å². The molecule has 0 unspecified atom stereocenters. The summed E-state index contributed by atoms with van der Waals surface area (Å²) in [6.07, 6.45) is 1.12. The van der Waals surface area contributed by atoms with Crippen LogP contribution in [0, 0.1) is 0 Å². The lowest BCUT2D eigenvalue weighted by Crippen LogP contribution is -2.25. The second-order valence-corrected chi connectivity index (χ2v) is 7.00. The normalized spacial score (nSPS) is 13.7. The number of nitrogens with two attached hydrogens (primary N) is 1. The van der Waals surface area contributed by atoms with Crippen LogP contribution < -0.4 is 11.1 Å². The van der Waals surface area contributed by atoms with Crippen molar-refractivity contribution < 1.29 is 24.2 Å². The summed E-state index contributed by atoms with van der Waals surface area (Å²) in [5.41, 5.74) is 7.05. The topological polar surface area (TPSA) is 119 Å². The zero-order valence-corrected chi connectivity index (χ0v) is 14.7. The number of hydrogen-bond acceptors (Lipinski definition) is 6. The van der Waals surface area contributed by atoms with Crippen LogP contribution in [0.1, 0.15) is 38.9 Å². The van der Waals surface area contributed by atoms with Crippen molar-refractivity contribution in [2.45, 2.75) is 25.4 Å². The maximum absolute atomic E-state index is 12.1. The number of primary amides is 1. The highest BCUT2D eigenvalue weighted by Gasteiger charge is 2.26. The molecule has 0 saturated carbocycles. The lowest BCUT2D eigenvalue weighted by atomic mass is 10.1. The first-order valence-corrected chi connectivity index (χ1v) is 8.93. The minimum absolute atomic E-state index is 0.339. The number of thiophene rings is 1. The Morgan fingerprint density at radius 1 is 1.23 bits per heavy atom. The summed E-state index contributed by atoms with van der Waals surface area (Å²) >= 11 is 1.32. The van der Waals surface area contributed by atoms with Gasteiger partial charge in [-0.25, -0.2) is 4.79 Å². The monoisotopic (exact) mass is 374 g/mol. The number of ether oxygens (including phenoxy) is 1. The van der Waals surface area contributed by atoms with E-state index in [-0.39, 0.29) is 0 Å². The molecule has 1 heterocycles. The molecule has 0 spiro atoms. The van der Waals surface area contributed by atoms with E-state index in [1.807, 2.05) is 0 Å². The van der Waals surface area contributed by atoms with Crippen LogP contribution in [0.2, 0.25) is 0 Å². The van der Waals surface area contributed by atoms with Crippen LogP contribution in [-0.4, -0.2) is 29.5 Å². The van der Waals surface area contributed by atoms with Crippen LogP contribution >= 0.6 is 11.3 Å². The molecule has 1 aliphatic carbocycles. The van der Waals surface area contributed by atoms with Gasteiger partial charge in [0, 0.05) is 4.88 Å². The first-order chi connectivity index (χ1) is 12.5. The van der Waals surface area contributed by atoms with Crippen molar-refractivity contribution in [3.63, 3.8) is 0 Å². The molecule has 1 aliphatic rings. The number of carbonyl (C=O) groups is 3. The zero-order chi connectivity index (χ0) is 18.7. The van der Waals surface area contributed by atoms with Crippen LogP contribution in [0.5, 0.6) is 0 Å². The fourth-order valence-electron chi connectivity index (χ4n) is 2.90. The Hall–Kier alpha value is -2.71. The SMILES string of the molecule is NC(=O)c1c(NC(=O)COC(=O)[C@@H](O)c2ccccc2)sc2c1CCC2. The number of esters is 1. The van der Waals surface area contributed by atoms with E-state index >= 15 is 0 Å². The molecular weight excluding hydrogens is 356 g/mol. The van der Waals surface area contributed by atoms with Gasteiger partial charge in [-0.3, -0.25) is 9.59 Å². The molecule has 0 aliphatic heterocycles. The van der Waals surface area contributed by atoms with Gasteiger partial charge in [-0.15, -0.1) is 11.3 Å². The van der Waals surface area contributed by atoms with E-state index in [9.17, 15) is 19.5 Å². The maximum atomic E-state index is 12.1. The van der Waals surface area contributed by atoms with E-state index in [1.54, 1.807) is 30.3 Å². The third kappa shape index (κ3) is 3.76. The second-order valence-electron chi connectivity index (χ2n) is 5.89. The number of nitrogens with one attached hydrogen (secondary N) is 1. The quantitative estimate of drug-likeness (QED) is 0.663. The molecule has 136 valence electrons. The van der Waals surface area contributed by atoms with Gasteiger partial charge >= 0.3 is 5.97 Å². The van der Waals surface area contributed by atoms with Crippen molar-refractivity contribution in [3.8, 4) is 0 Å². The van der Waals surface area contributed by atoms with E-state index in [4.69, 9.17) is 10.5 Å². The van der Waals surface area contributed by atoms with E-state index in [2.05, 4.69) is 5.32 Å². The number of benzene rings is 1. The Kier molecular flexibility index (Phi) is 5.34. The molecule has 3 rings (SSSR count). The smallest absolute Gasteiger partial charge is 0.340 e. The van der Waals surface area contributed by atoms with Crippen LogP contribution in [-0.2, 0) is 27.2 Å². The van der Waals surface area contributed by atoms with E-state index in [1.165, 1.54) is 11.3 Å². The maximum Gasteiger partial charge on any atom is 0.340 e. The number of carbonyl (C=O) groups excluding carboxylic acids is 3. The zero-order valence-electron chi connectivity index (χ0n) is 13.9. The lowest BCUT2D eigenvalue weighted by Gasteiger charge is -2.11. The van der Waals surface area contributed by atoms with Crippen molar-refractivity contribution >= 4 is 34.1 Å². The molecule has 4 N–H and O–H groups in total. The largest absolute Gasteiger partial charge is 0.453 e. The van der Waals surface area contributed by atoms with Gasteiger partial charge in [0.15, 0.2) is 12.7 Å². The standard InChI is InChI=1S/C18H18N2O5S/c19-16(23)14-11-7-4-8-12(11)26-17(14)20-13(21)9-25-18(24)15(22)10-5-2-1-3-6-10/h1-3,5-6,15,22H,4,7-9H2,(H2,19,23)(H,20,21)/t15-/m0/s1. The molecule has 2 amide bonds. The molecule has 8 heteroatoms. The number of aliphatic hydroxyl groups excluding tert-OH is 1. The Balaban J connectivity index is 1.60. The van der Waals surface area contributed by atoms with Crippen molar-refractivity contribution in [2.24, 2.45) is 5.73 Å². The molecule has 1 aromatic heterocycles. The molecule has 0 bridgehead atoms. The summed E-state index contributed by atoms with van der Waals surface area (Å²) in [4.78, 5) is 36.7. The summed E-state index contributed by atoms with van der Waals surface area (Å²) in [7, 11) is 0. The fraction of sp³-hybridized carbons (Fsp3) is 0.278. The summed E-state index contributed by atoms with van der Waals surface area (Å²) in [5, 5.41) is 12.9. The number of hydrogen-bond donors (Lipinski definition) is 3. The van der Waals surface area contributed by atoms with Gasteiger partial charge in [-0.2, -0.15) is 0 Å². The Bertz CT molecular complexity index is 847. The van der Waals surface area contributed by atoms with Crippen LogP contribution in [0.3, 0.4) is 0 Å². The summed E-state index contributed by atoms with van der Waals surface area (Å²) in [5.74, 6) is -2.10. The number of aryl methyl sites for hydroxylation is 1. The molecule has 0 saturated heterocycles. The minimum Gasteiger partial charge on any atom is -0.453 e. The molecule has 0 radical (unpaired) electrons. The van der Waals surface area contributed by atoms with Gasteiger partial charge in [0.1, 0.15) is 5.00 Å². The highest BCUT2D eigenvalue weighted by atomic mass is 32.1. The number of aliphatic hydroxyl groups is 1. The van der Waals surface area contributed by atoms with Crippen LogP contribution in [0.25, 0.3) is 0 Å². The lowest BCUT2D eigenvalue weighted by molar-refractivity contribution is -0.156. The van der Waals surface area contributed by atoms with Gasteiger partial charge in [0.25, 0.3) is 11.8 Å². The predicted molar refractivity (Wildman–Crippen MR) is 95.9 cm³/mol. The van der Waals surface area contributed by atoms with Crippen molar-refractivity contribution in [1.29, 1.82) is 0 Å². The molecule has 0 fully saturated rings. The third-order valence-electron chi connectivity index (χ3n) is 4.10.